The molecule has 3 rings (SSSR count). The lowest BCUT2D eigenvalue weighted by molar-refractivity contribution is -0.137. The minimum absolute atomic E-state index is 0.0414. The summed E-state index contributed by atoms with van der Waals surface area (Å²) in [4.78, 5) is 25.5. The monoisotopic (exact) mass is 352 g/mol. The van der Waals surface area contributed by atoms with Crippen molar-refractivity contribution in [3.8, 4) is 0 Å². The van der Waals surface area contributed by atoms with Crippen molar-refractivity contribution in [2.45, 2.75) is 19.1 Å². The Morgan fingerprint density at radius 2 is 2.08 bits per heavy atom. The second-order valence-corrected chi connectivity index (χ2v) is 5.75. The van der Waals surface area contributed by atoms with E-state index in [1.807, 2.05) is 0 Å². The molecule has 0 aliphatic carbocycles. The lowest BCUT2D eigenvalue weighted by atomic mass is 10.1. The zero-order chi connectivity index (χ0) is 18.0. The Bertz CT molecular complexity index is 772. The molecule has 1 aromatic carbocycles. The van der Waals surface area contributed by atoms with E-state index in [-0.39, 0.29) is 37.0 Å². The van der Waals surface area contributed by atoms with E-state index in [4.69, 9.17) is 4.42 Å². The van der Waals surface area contributed by atoms with E-state index >= 15 is 0 Å². The Kier molecular flexibility index (Phi) is 4.52. The second kappa shape index (κ2) is 6.62. The van der Waals surface area contributed by atoms with E-state index in [9.17, 15) is 22.8 Å². The van der Waals surface area contributed by atoms with Gasteiger partial charge in [0.1, 0.15) is 5.76 Å². The van der Waals surface area contributed by atoms with Crippen LogP contribution in [-0.4, -0.2) is 18.4 Å². The van der Waals surface area contributed by atoms with Crippen LogP contribution in [0.3, 0.4) is 0 Å². The van der Waals surface area contributed by atoms with Crippen molar-refractivity contribution in [3.63, 3.8) is 0 Å². The van der Waals surface area contributed by atoms with Gasteiger partial charge in [0, 0.05) is 18.7 Å². The average molecular weight is 352 g/mol. The highest BCUT2D eigenvalue weighted by atomic mass is 19.4. The third-order valence-electron chi connectivity index (χ3n) is 4.00. The third-order valence-corrected chi connectivity index (χ3v) is 4.00. The number of benzene rings is 1. The van der Waals surface area contributed by atoms with Crippen molar-refractivity contribution < 1.29 is 27.2 Å². The van der Waals surface area contributed by atoms with Crippen molar-refractivity contribution >= 4 is 17.5 Å². The number of rotatable bonds is 4. The molecule has 0 bridgehead atoms. The van der Waals surface area contributed by atoms with E-state index in [1.165, 1.54) is 23.3 Å². The molecule has 5 nitrogen and oxygen atoms in total. The van der Waals surface area contributed by atoms with Gasteiger partial charge in [-0.15, -0.1) is 0 Å². The summed E-state index contributed by atoms with van der Waals surface area (Å²) in [5.41, 5.74) is -0.690. The lowest BCUT2D eigenvalue weighted by Gasteiger charge is -2.18. The van der Waals surface area contributed by atoms with E-state index in [0.717, 1.165) is 12.1 Å². The summed E-state index contributed by atoms with van der Waals surface area (Å²) in [5.74, 6) is -0.749. The van der Waals surface area contributed by atoms with Gasteiger partial charge in [-0.2, -0.15) is 13.2 Å². The summed E-state index contributed by atoms with van der Waals surface area (Å²) < 4.78 is 43.6. The molecule has 0 unspecified atom stereocenters. The van der Waals surface area contributed by atoms with Crippen LogP contribution in [0.4, 0.5) is 18.9 Å². The number of alkyl halides is 3. The first-order valence-corrected chi connectivity index (χ1v) is 7.62. The summed E-state index contributed by atoms with van der Waals surface area (Å²) in [6.45, 7) is 0.240. The number of nitrogens with zero attached hydrogens (tertiary/aromatic N) is 1. The first-order valence-electron chi connectivity index (χ1n) is 7.62. The minimum atomic E-state index is -4.49. The SMILES string of the molecule is O=C(NCc1ccco1)[C@H]1CC(=O)N(c2cccc(C(F)(F)F)c2)C1. The molecule has 1 N–H and O–H groups in total. The van der Waals surface area contributed by atoms with Crippen LogP contribution in [0, 0.1) is 5.92 Å². The van der Waals surface area contributed by atoms with Gasteiger partial charge >= 0.3 is 6.18 Å². The smallest absolute Gasteiger partial charge is 0.416 e. The summed E-state index contributed by atoms with van der Waals surface area (Å²) in [6.07, 6.45) is -3.05. The molecule has 2 aromatic rings. The Morgan fingerprint density at radius 1 is 1.28 bits per heavy atom. The maximum Gasteiger partial charge on any atom is 0.416 e. The van der Waals surface area contributed by atoms with E-state index in [0.29, 0.717) is 5.76 Å². The number of hydrogen-bond acceptors (Lipinski definition) is 3. The Labute approximate surface area is 141 Å². The van der Waals surface area contributed by atoms with Gasteiger partial charge < -0.3 is 14.6 Å². The third kappa shape index (κ3) is 3.84. The topological polar surface area (TPSA) is 62.6 Å². The molecule has 0 saturated carbocycles. The number of hydrogen-bond donors (Lipinski definition) is 1. The van der Waals surface area contributed by atoms with Crippen molar-refractivity contribution in [1.82, 2.24) is 5.32 Å². The van der Waals surface area contributed by atoms with Crippen LogP contribution in [0.1, 0.15) is 17.7 Å². The molecule has 1 aromatic heterocycles. The second-order valence-electron chi connectivity index (χ2n) is 5.75. The number of anilines is 1. The Balaban J connectivity index is 1.67. The molecular weight excluding hydrogens is 337 g/mol. The largest absolute Gasteiger partial charge is 0.467 e. The average Bonchev–Trinajstić information content (AvgIpc) is 3.21. The van der Waals surface area contributed by atoms with Crippen molar-refractivity contribution in [2.75, 3.05) is 11.4 Å². The van der Waals surface area contributed by atoms with Gasteiger partial charge in [-0.05, 0) is 30.3 Å². The van der Waals surface area contributed by atoms with Gasteiger partial charge in [-0.1, -0.05) is 6.07 Å². The van der Waals surface area contributed by atoms with Crippen LogP contribution in [0.15, 0.2) is 47.1 Å². The Hall–Kier alpha value is -2.77. The van der Waals surface area contributed by atoms with Gasteiger partial charge in [0.15, 0.2) is 0 Å². The van der Waals surface area contributed by atoms with Crippen molar-refractivity contribution in [2.24, 2.45) is 5.92 Å². The van der Waals surface area contributed by atoms with E-state index in [2.05, 4.69) is 5.32 Å². The van der Waals surface area contributed by atoms with Gasteiger partial charge in [0.2, 0.25) is 11.8 Å². The fourth-order valence-electron chi connectivity index (χ4n) is 2.71. The van der Waals surface area contributed by atoms with Gasteiger partial charge in [-0.25, -0.2) is 0 Å². The molecular formula is C17H15F3N2O3. The van der Waals surface area contributed by atoms with E-state index < -0.39 is 17.7 Å². The predicted octanol–water partition coefficient (Wildman–Crippen LogP) is 2.97. The van der Waals surface area contributed by atoms with Gasteiger partial charge in [-0.3, -0.25) is 9.59 Å². The standard InChI is InChI=1S/C17H15F3N2O3/c18-17(19,20)12-3-1-4-13(8-12)22-10-11(7-15(22)23)16(24)21-9-14-5-2-6-25-14/h1-6,8,11H,7,9-10H2,(H,21,24)/t11-/m0/s1. The van der Waals surface area contributed by atoms with Crippen LogP contribution in [-0.2, 0) is 22.3 Å². The van der Waals surface area contributed by atoms with Crippen LogP contribution in [0.2, 0.25) is 0 Å². The molecule has 1 aliphatic heterocycles. The molecule has 1 atom stereocenters. The molecule has 1 saturated heterocycles. The highest BCUT2D eigenvalue weighted by Gasteiger charge is 2.36. The lowest BCUT2D eigenvalue weighted by Crippen LogP contribution is -2.32. The number of carbonyl (C=O) groups is 2. The zero-order valence-electron chi connectivity index (χ0n) is 13.0. The highest BCUT2D eigenvalue weighted by Crippen LogP contribution is 2.33. The van der Waals surface area contributed by atoms with Crippen LogP contribution in [0.5, 0.6) is 0 Å². The van der Waals surface area contributed by atoms with Crippen molar-refractivity contribution in [1.29, 1.82) is 0 Å². The molecule has 1 fully saturated rings. The number of carbonyl (C=O) groups excluding carboxylic acids is 2. The summed E-state index contributed by atoms with van der Waals surface area (Å²) in [7, 11) is 0. The van der Waals surface area contributed by atoms with Crippen LogP contribution >= 0.6 is 0 Å². The first-order chi connectivity index (χ1) is 11.8. The van der Waals surface area contributed by atoms with Crippen LogP contribution in [0.25, 0.3) is 0 Å². The molecule has 2 heterocycles. The summed E-state index contributed by atoms with van der Waals surface area (Å²) in [6, 6.07) is 7.93. The number of nitrogens with one attached hydrogen (secondary N) is 1. The van der Waals surface area contributed by atoms with Crippen LogP contribution < -0.4 is 10.2 Å². The van der Waals surface area contributed by atoms with Crippen molar-refractivity contribution in [3.05, 3.63) is 54.0 Å². The molecule has 1 aliphatic rings. The number of halogens is 3. The molecule has 0 radical (unpaired) electrons. The van der Waals surface area contributed by atoms with Gasteiger partial charge in [0.25, 0.3) is 0 Å². The first kappa shape index (κ1) is 17.1. The minimum Gasteiger partial charge on any atom is -0.467 e. The normalized spacial score (nSPS) is 17.8. The summed E-state index contributed by atoms with van der Waals surface area (Å²) >= 11 is 0. The number of amides is 2. The Morgan fingerprint density at radius 3 is 2.76 bits per heavy atom. The molecule has 0 spiro atoms. The maximum atomic E-state index is 12.8. The highest BCUT2D eigenvalue weighted by molar-refractivity contribution is 6.00. The fraction of sp³-hybridized carbons (Fsp3) is 0.294. The zero-order valence-corrected chi connectivity index (χ0v) is 13.0. The quantitative estimate of drug-likeness (QED) is 0.920. The number of furan rings is 1. The molecule has 132 valence electrons. The maximum absolute atomic E-state index is 12.8. The fourth-order valence-corrected chi connectivity index (χ4v) is 2.71. The summed E-state index contributed by atoms with van der Waals surface area (Å²) in [5, 5.41) is 2.66. The predicted molar refractivity (Wildman–Crippen MR) is 82.5 cm³/mol. The molecule has 2 amide bonds. The van der Waals surface area contributed by atoms with E-state index in [1.54, 1.807) is 12.1 Å². The molecule has 8 heteroatoms. The molecule has 25 heavy (non-hydrogen) atoms. The van der Waals surface area contributed by atoms with Gasteiger partial charge in [0.05, 0.1) is 24.3 Å².